The van der Waals surface area contributed by atoms with E-state index in [2.05, 4.69) is 9.88 Å². The molecule has 0 aliphatic carbocycles. The van der Waals surface area contributed by atoms with Crippen LogP contribution in [0, 0.1) is 19.8 Å². The number of hydrogen-bond donors (Lipinski definition) is 2. The van der Waals surface area contributed by atoms with Gasteiger partial charge in [-0.25, -0.2) is 4.98 Å². The summed E-state index contributed by atoms with van der Waals surface area (Å²) in [6.45, 7) is 6.03. The highest BCUT2D eigenvalue weighted by Gasteiger charge is 2.22. The van der Waals surface area contributed by atoms with Crippen LogP contribution in [0.1, 0.15) is 29.7 Å². The zero-order valence-electron chi connectivity index (χ0n) is 11.2. The molecule has 1 unspecified atom stereocenters. The number of aliphatic hydroxyl groups excluding tert-OH is 2. The normalized spacial score (nSPS) is 20.2. The summed E-state index contributed by atoms with van der Waals surface area (Å²) in [7, 11) is 0. The molecule has 1 fully saturated rings. The molecule has 0 spiro atoms. The van der Waals surface area contributed by atoms with Gasteiger partial charge in [0.1, 0.15) is 5.82 Å². The Morgan fingerprint density at radius 1 is 1.39 bits per heavy atom. The molecule has 1 aliphatic heterocycles. The highest BCUT2D eigenvalue weighted by molar-refractivity contribution is 5.51. The third-order valence-corrected chi connectivity index (χ3v) is 3.69. The van der Waals surface area contributed by atoms with Crippen LogP contribution in [0.25, 0.3) is 0 Å². The molecule has 1 aromatic rings. The van der Waals surface area contributed by atoms with Crippen LogP contribution in [0.2, 0.25) is 0 Å². The lowest BCUT2D eigenvalue weighted by molar-refractivity contribution is 0.208. The lowest BCUT2D eigenvalue weighted by atomic mass is 9.98. The molecule has 100 valence electrons. The molecule has 4 nitrogen and oxygen atoms in total. The van der Waals surface area contributed by atoms with Crippen LogP contribution >= 0.6 is 0 Å². The van der Waals surface area contributed by atoms with Crippen molar-refractivity contribution in [2.45, 2.75) is 33.3 Å². The van der Waals surface area contributed by atoms with Crippen molar-refractivity contribution in [3.63, 3.8) is 0 Å². The van der Waals surface area contributed by atoms with E-state index in [1.54, 1.807) is 0 Å². The molecule has 0 radical (unpaired) electrons. The first-order valence-electron chi connectivity index (χ1n) is 6.59. The van der Waals surface area contributed by atoms with Gasteiger partial charge in [-0.05, 0) is 44.2 Å². The zero-order valence-corrected chi connectivity index (χ0v) is 11.2. The quantitative estimate of drug-likeness (QED) is 0.851. The molecular formula is C14H22N2O2. The highest BCUT2D eigenvalue weighted by Crippen LogP contribution is 2.27. The van der Waals surface area contributed by atoms with Crippen molar-refractivity contribution in [1.29, 1.82) is 0 Å². The van der Waals surface area contributed by atoms with Crippen molar-refractivity contribution in [3.8, 4) is 0 Å². The summed E-state index contributed by atoms with van der Waals surface area (Å²) in [6.07, 6.45) is 2.15. The Labute approximate surface area is 108 Å². The zero-order chi connectivity index (χ0) is 13.1. The van der Waals surface area contributed by atoms with Crippen molar-refractivity contribution >= 4 is 5.82 Å². The van der Waals surface area contributed by atoms with Crippen LogP contribution in [-0.4, -0.2) is 34.9 Å². The van der Waals surface area contributed by atoms with Crippen LogP contribution in [0.4, 0.5) is 5.82 Å². The highest BCUT2D eigenvalue weighted by atomic mass is 16.3. The average molecular weight is 250 g/mol. The fourth-order valence-corrected chi connectivity index (χ4v) is 2.71. The minimum atomic E-state index is 0.0226. The molecule has 0 aromatic carbocycles. The Morgan fingerprint density at radius 2 is 2.17 bits per heavy atom. The molecule has 0 amide bonds. The summed E-state index contributed by atoms with van der Waals surface area (Å²) < 4.78 is 0. The van der Waals surface area contributed by atoms with E-state index < -0.39 is 0 Å². The third-order valence-electron chi connectivity index (χ3n) is 3.69. The topological polar surface area (TPSA) is 56.6 Å². The van der Waals surface area contributed by atoms with Crippen molar-refractivity contribution in [2.75, 3.05) is 24.6 Å². The maximum atomic E-state index is 9.53. The van der Waals surface area contributed by atoms with E-state index in [-0.39, 0.29) is 13.2 Å². The van der Waals surface area contributed by atoms with Gasteiger partial charge in [-0.1, -0.05) is 0 Å². The van der Waals surface area contributed by atoms with Gasteiger partial charge in [-0.3, -0.25) is 0 Å². The molecule has 1 atom stereocenters. The molecule has 2 N–H and O–H groups in total. The third kappa shape index (κ3) is 2.65. The Bertz CT molecular complexity index is 421. The number of aliphatic hydroxyl groups is 2. The molecule has 1 aliphatic rings. The SMILES string of the molecule is Cc1cc(C)c(CO)c(N2CCCC(CO)C2)n1. The van der Waals surface area contributed by atoms with E-state index >= 15 is 0 Å². The molecule has 1 saturated heterocycles. The van der Waals surface area contributed by atoms with E-state index in [9.17, 15) is 10.2 Å². The van der Waals surface area contributed by atoms with Gasteiger partial charge in [0.15, 0.2) is 0 Å². The van der Waals surface area contributed by atoms with E-state index in [0.717, 1.165) is 48.6 Å². The van der Waals surface area contributed by atoms with Gasteiger partial charge in [0.25, 0.3) is 0 Å². The first-order valence-corrected chi connectivity index (χ1v) is 6.59. The summed E-state index contributed by atoms with van der Waals surface area (Å²) >= 11 is 0. The number of nitrogens with zero attached hydrogens (tertiary/aromatic N) is 2. The predicted octanol–water partition coefficient (Wildman–Crippen LogP) is 1.40. The molecule has 18 heavy (non-hydrogen) atoms. The van der Waals surface area contributed by atoms with E-state index in [1.165, 1.54) is 0 Å². The second-order valence-corrected chi connectivity index (χ2v) is 5.18. The monoisotopic (exact) mass is 250 g/mol. The maximum absolute atomic E-state index is 9.53. The van der Waals surface area contributed by atoms with Gasteiger partial charge in [0.2, 0.25) is 0 Å². The van der Waals surface area contributed by atoms with Crippen molar-refractivity contribution in [3.05, 3.63) is 22.9 Å². The first kappa shape index (κ1) is 13.3. The van der Waals surface area contributed by atoms with Crippen LogP contribution in [0.3, 0.4) is 0 Å². The number of piperidine rings is 1. The molecule has 4 heteroatoms. The number of anilines is 1. The summed E-state index contributed by atoms with van der Waals surface area (Å²) in [5, 5.41) is 18.8. The number of rotatable bonds is 3. The van der Waals surface area contributed by atoms with E-state index in [0.29, 0.717) is 5.92 Å². The second-order valence-electron chi connectivity index (χ2n) is 5.18. The largest absolute Gasteiger partial charge is 0.396 e. The molecule has 2 heterocycles. The fourth-order valence-electron chi connectivity index (χ4n) is 2.71. The number of hydrogen-bond acceptors (Lipinski definition) is 4. The van der Waals surface area contributed by atoms with Gasteiger partial charge in [-0.2, -0.15) is 0 Å². The first-order chi connectivity index (χ1) is 8.65. The Kier molecular flexibility index (Phi) is 4.19. The lowest BCUT2D eigenvalue weighted by Gasteiger charge is -2.34. The van der Waals surface area contributed by atoms with Crippen molar-refractivity contribution in [2.24, 2.45) is 5.92 Å². The summed E-state index contributed by atoms with van der Waals surface area (Å²) in [5.41, 5.74) is 2.98. The maximum Gasteiger partial charge on any atom is 0.134 e. The Balaban J connectivity index is 2.31. The van der Waals surface area contributed by atoms with Gasteiger partial charge in [0, 0.05) is 31.0 Å². The van der Waals surface area contributed by atoms with Gasteiger partial charge in [0.05, 0.1) is 6.61 Å². The number of aromatic nitrogens is 1. The fraction of sp³-hybridized carbons (Fsp3) is 0.643. The van der Waals surface area contributed by atoms with Gasteiger partial charge < -0.3 is 15.1 Å². The predicted molar refractivity (Wildman–Crippen MR) is 71.7 cm³/mol. The van der Waals surface area contributed by atoms with Crippen LogP contribution < -0.4 is 4.90 Å². The van der Waals surface area contributed by atoms with Crippen LogP contribution in [0.5, 0.6) is 0 Å². The molecule has 0 bridgehead atoms. The van der Waals surface area contributed by atoms with Crippen molar-refractivity contribution in [1.82, 2.24) is 4.98 Å². The summed E-state index contributed by atoms with van der Waals surface area (Å²) in [6, 6.07) is 2.00. The number of pyridine rings is 1. The average Bonchev–Trinajstić information content (AvgIpc) is 2.38. The standard InChI is InChI=1S/C14H22N2O2/c1-10-6-11(2)15-14(13(10)9-18)16-5-3-4-12(7-16)8-17/h6,12,17-18H,3-5,7-9H2,1-2H3. The van der Waals surface area contributed by atoms with Gasteiger partial charge in [-0.15, -0.1) is 0 Å². The Morgan fingerprint density at radius 3 is 2.83 bits per heavy atom. The van der Waals surface area contributed by atoms with Gasteiger partial charge >= 0.3 is 0 Å². The number of aryl methyl sites for hydroxylation is 2. The van der Waals surface area contributed by atoms with E-state index in [4.69, 9.17) is 0 Å². The van der Waals surface area contributed by atoms with E-state index in [1.807, 2.05) is 19.9 Å². The smallest absolute Gasteiger partial charge is 0.134 e. The minimum absolute atomic E-state index is 0.0226. The second kappa shape index (κ2) is 5.67. The molecular weight excluding hydrogens is 228 g/mol. The lowest BCUT2D eigenvalue weighted by Crippen LogP contribution is -2.38. The van der Waals surface area contributed by atoms with Crippen LogP contribution in [0.15, 0.2) is 6.07 Å². The summed E-state index contributed by atoms with van der Waals surface area (Å²) in [5.74, 6) is 1.22. The minimum Gasteiger partial charge on any atom is -0.396 e. The molecule has 1 aromatic heterocycles. The van der Waals surface area contributed by atoms with Crippen LogP contribution in [-0.2, 0) is 6.61 Å². The molecule has 2 rings (SSSR count). The summed E-state index contributed by atoms with van der Waals surface area (Å²) in [4.78, 5) is 6.79. The Hall–Kier alpha value is -1.13. The van der Waals surface area contributed by atoms with Crippen molar-refractivity contribution < 1.29 is 10.2 Å². The molecule has 0 saturated carbocycles.